The number of urea groups is 1. The van der Waals surface area contributed by atoms with Gasteiger partial charge in [0.05, 0.1) is 5.54 Å². The number of Topliss-reactive ketones (excluding diaryl/α,β-unsaturated/α-hetero) is 1. The number of hydrogen-bond donors (Lipinski definition) is 4. The van der Waals surface area contributed by atoms with E-state index in [9.17, 15) is 28.2 Å². The number of nitrogens with zero attached hydrogens (tertiary/aromatic N) is 1. The molecule has 234 valence electrons. The van der Waals surface area contributed by atoms with Gasteiger partial charge in [0.1, 0.15) is 18.1 Å². The Labute approximate surface area is 247 Å². The molecule has 1 saturated carbocycles. The van der Waals surface area contributed by atoms with Crippen molar-refractivity contribution >= 4 is 40.3 Å². The van der Waals surface area contributed by atoms with E-state index in [4.69, 9.17) is 5.73 Å². The van der Waals surface area contributed by atoms with Gasteiger partial charge in [0.2, 0.25) is 17.6 Å². The highest BCUT2D eigenvalue weighted by atomic mass is 32.2. The average molecular weight is 598 g/mol. The van der Waals surface area contributed by atoms with E-state index in [0.29, 0.717) is 38.6 Å². The maximum absolute atomic E-state index is 13.9. The predicted octanol–water partition coefficient (Wildman–Crippen LogP) is 2.14. The Morgan fingerprint density at radius 1 is 0.927 bits per heavy atom. The number of carbonyl (C=O) groups is 5. The van der Waals surface area contributed by atoms with Gasteiger partial charge in [-0.05, 0) is 71.1 Å². The maximum atomic E-state index is 13.9. The first-order valence-corrected chi connectivity index (χ1v) is 16.0. The zero-order valence-corrected chi connectivity index (χ0v) is 26.9. The second-order valence-electron chi connectivity index (χ2n) is 13.9. The van der Waals surface area contributed by atoms with Gasteiger partial charge in [-0.1, -0.05) is 40.5 Å². The number of nitrogens with one attached hydrogen (secondary N) is 3. The van der Waals surface area contributed by atoms with E-state index < -0.39 is 74.2 Å². The van der Waals surface area contributed by atoms with Crippen molar-refractivity contribution in [2.24, 2.45) is 17.1 Å². The highest BCUT2D eigenvalue weighted by Crippen LogP contribution is 2.30. The Morgan fingerprint density at radius 2 is 1.51 bits per heavy atom. The van der Waals surface area contributed by atoms with Crippen LogP contribution in [0.4, 0.5) is 4.79 Å². The largest absolute Gasteiger partial charge is 0.363 e. The van der Waals surface area contributed by atoms with Gasteiger partial charge in [0.15, 0.2) is 0 Å². The van der Waals surface area contributed by atoms with Gasteiger partial charge in [-0.25, -0.2) is 4.79 Å². The second-order valence-corrected chi connectivity index (χ2v) is 16.1. The summed E-state index contributed by atoms with van der Waals surface area (Å²) in [7, 11) is -1.20. The number of hydrogen-bond acceptors (Lipinski definition) is 6. The van der Waals surface area contributed by atoms with E-state index in [1.165, 1.54) is 4.90 Å². The molecule has 0 aromatic carbocycles. The lowest BCUT2D eigenvalue weighted by Gasteiger charge is -2.37. The third-order valence-electron chi connectivity index (χ3n) is 8.25. The lowest BCUT2D eigenvalue weighted by molar-refractivity contribution is -0.143. The maximum Gasteiger partial charge on any atom is 0.315 e. The number of primary amides is 1. The molecule has 1 aliphatic carbocycles. The first-order valence-electron chi connectivity index (χ1n) is 14.7. The summed E-state index contributed by atoms with van der Waals surface area (Å²) in [5.74, 6) is -2.72. The number of amides is 5. The van der Waals surface area contributed by atoms with Crippen LogP contribution in [-0.4, -0.2) is 79.4 Å². The molecule has 0 spiro atoms. The summed E-state index contributed by atoms with van der Waals surface area (Å²) in [6.45, 7) is 15.2. The van der Waals surface area contributed by atoms with Crippen LogP contribution in [0.2, 0.25) is 0 Å². The highest BCUT2D eigenvalue weighted by molar-refractivity contribution is 7.86. The molecule has 1 heterocycles. The predicted molar refractivity (Wildman–Crippen MR) is 159 cm³/mol. The van der Waals surface area contributed by atoms with Crippen LogP contribution in [0.15, 0.2) is 0 Å². The van der Waals surface area contributed by atoms with Crippen LogP contribution < -0.4 is 21.7 Å². The van der Waals surface area contributed by atoms with Gasteiger partial charge in [0.25, 0.3) is 5.91 Å². The van der Waals surface area contributed by atoms with E-state index in [1.54, 1.807) is 0 Å². The summed E-state index contributed by atoms with van der Waals surface area (Å²) in [6, 6.07) is -3.35. The summed E-state index contributed by atoms with van der Waals surface area (Å²) < 4.78 is 12.4. The zero-order chi connectivity index (χ0) is 31.3. The van der Waals surface area contributed by atoms with Gasteiger partial charge in [0, 0.05) is 27.8 Å². The number of nitrogens with two attached hydrogens (primary N) is 1. The van der Waals surface area contributed by atoms with Crippen molar-refractivity contribution in [3.05, 3.63) is 0 Å². The number of likely N-dealkylation sites (tertiary alicyclic amines) is 1. The lowest BCUT2D eigenvalue weighted by Crippen LogP contribution is -2.62. The molecule has 11 nitrogen and oxygen atoms in total. The van der Waals surface area contributed by atoms with Crippen LogP contribution in [0.3, 0.4) is 0 Å². The zero-order valence-electron chi connectivity index (χ0n) is 26.1. The molecule has 12 heteroatoms. The summed E-state index contributed by atoms with van der Waals surface area (Å²) in [4.78, 5) is 66.3. The van der Waals surface area contributed by atoms with Crippen molar-refractivity contribution < 1.29 is 28.2 Å². The molecular weight excluding hydrogens is 546 g/mol. The standard InChI is InChI=1S/C29H51N5O6S/c1-9-29(8,17-41(40)28(5,6)7)33-26(39)32-22(27(2,3)4)25(38)34-16-12-15-19(34)24(37)31-20(21(35)23(30)36)18-13-10-11-14-18/h18-20,22H,9-17H2,1-8H3,(H2,30,36)(H,31,37)(H2,32,33,39)/t19-,20?,22?,29?,41?/m0/s1. The van der Waals surface area contributed by atoms with Gasteiger partial charge in [-0.3, -0.25) is 23.4 Å². The molecular formula is C29H51N5O6S. The highest BCUT2D eigenvalue weighted by Gasteiger charge is 2.44. The molecule has 2 fully saturated rings. The Kier molecular flexibility index (Phi) is 11.6. The Balaban J connectivity index is 2.20. The molecule has 5 atom stereocenters. The molecule has 1 aliphatic heterocycles. The van der Waals surface area contributed by atoms with E-state index in [0.717, 1.165) is 12.8 Å². The molecule has 0 aromatic heterocycles. The van der Waals surface area contributed by atoms with Gasteiger partial charge in [-0.15, -0.1) is 0 Å². The molecule has 2 aliphatic rings. The van der Waals surface area contributed by atoms with Crippen molar-refractivity contribution in [1.29, 1.82) is 0 Å². The molecule has 41 heavy (non-hydrogen) atoms. The summed E-state index contributed by atoms with van der Waals surface area (Å²) in [6.07, 6.45) is 4.75. The third-order valence-corrected chi connectivity index (χ3v) is 10.5. The van der Waals surface area contributed by atoms with Crippen molar-refractivity contribution in [2.45, 2.75) is 129 Å². The smallest absolute Gasteiger partial charge is 0.315 e. The van der Waals surface area contributed by atoms with Crippen LogP contribution in [0.5, 0.6) is 0 Å². The third kappa shape index (κ3) is 9.24. The molecule has 0 aromatic rings. The number of carbonyl (C=O) groups excluding carboxylic acids is 5. The Bertz CT molecular complexity index is 1030. The second kappa shape index (κ2) is 13.6. The minimum Gasteiger partial charge on any atom is -0.363 e. The molecule has 4 unspecified atom stereocenters. The van der Waals surface area contributed by atoms with Crippen LogP contribution in [-0.2, 0) is 30.0 Å². The Hall–Kier alpha value is -2.50. The monoisotopic (exact) mass is 597 g/mol. The van der Waals surface area contributed by atoms with Crippen LogP contribution in [0.25, 0.3) is 0 Å². The van der Waals surface area contributed by atoms with Crippen LogP contribution in [0.1, 0.15) is 100 Å². The Morgan fingerprint density at radius 3 is 2.00 bits per heavy atom. The number of rotatable bonds is 11. The van der Waals surface area contributed by atoms with E-state index in [1.807, 2.05) is 55.4 Å². The summed E-state index contributed by atoms with van der Waals surface area (Å²) >= 11 is 0. The fraction of sp³-hybridized carbons (Fsp3) is 0.828. The molecule has 5 N–H and O–H groups in total. The van der Waals surface area contributed by atoms with Crippen molar-refractivity contribution in [1.82, 2.24) is 20.9 Å². The fourth-order valence-corrected chi connectivity index (χ4v) is 6.67. The van der Waals surface area contributed by atoms with Gasteiger partial charge < -0.3 is 26.6 Å². The first kappa shape index (κ1) is 34.7. The molecule has 0 radical (unpaired) electrons. The minimum atomic E-state index is -1.20. The van der Waals surface area contributed by atoms with E-state index >= 15 is 0 Å². The first-order chi connectivity index (χ1) is 18.8. The van der Waals surface area contributed by atoms with E-state index in [2.05, 4.69) is 16.0 Å². The van der Waals surface area contributed by atoms with Gasteiger partial charge in [-0.2, -0.15) is 0 Å². The fourth-order valence-electron chi connectivity index (χ4n) is 5.38. The molecule has 5 amide bonds. The number of ketones is 1. The summed E-state index contributed by atoms with van der Waals surface area (Å²) in [5.41, 5.74) is 3.83. The topological polar surface area (TPSA) is 168 Å². The average Bonchev–Trinajstić information content (AvgIpc) is 3.56. The SMILES string of the molecule is CCC(C)(CS(=O)C(C)(C)C)NC(=O)NC(C(=O)N1CCC[C@H]1C(=O)NC(C(=O)C(N)=O)C1CCCC1)C(C)(C)C. The van der Waals surface area contributed by atoms with Gasteiger partial charge >= 0.3 is 6.03 Å². The van der Waals surface area contributed by atoms with Crippen molar-refractivity contribution in [3.8, 4) is 0 Å². The quantitative estimate of drug-likeness (QED) is 0.266. The van der Waals surface area contributed by atoms with Crippen LogP contribution in [0, 0.1) is 11.3 Å². The molecule has 0 bridgehead atoms. The molecule has 1 saturated heterocycles. The van der Waals surface area contributed by atoms with E-state index in [-0.39, 0.29) is 11.7 Å². The van der Waals surface area contributed by atoms with Crippen molar-refractivity contribution in [2.75, 3.05) is 12.3 Å². The lowest BCUT2D eigenvalue weighted by atomic mass is 9.85. The molecule has 2 rings (SSSR count). The summed E-state index contributed by atoms with van der Waals surface area (Å²) in [5, 5.41) is 8.50. The minimum absolute atomic E-state index is 0.169. The normalized spacial score (nSPS) is 21.9. The van der Waals surface area contributed by atoms with Crippen LogP contribution >= 0.6 is 0 Å². The van der Waals surface area contributed by atoms with Crippen molar-refractivity contribution in [3.63, 3.8) is 0 Å².